The number of allylic oxidation sites excluding steroid dienone is 1. The van der Waals surface area contributed by atoms with Crippen LogP contribution in [0, 0.1) is 11.8 Å². The predicted octanol–water partition coefficient (Wildman–Crippen LogP) is 3.75. The number of esters is 1. The van der Waals surface area contributed by atoms with Crippen LogP contribution in [0.5, 0.6) is 0 Å². The molecule has 0 spiro atoms. The maximum absolute atomic E-state index is 14.4. The molecule has 0 unspecified atom stereocenters. The zero-order valence-electron chi connectivity index (χ0n) is 28.1. The van der Waals surface area contributed by atoms with E-state index in [0.717, 1.165) is 12.8 Å². The number of rotatable bonds is 6. The fraction of sp³-hybridized carbons (Fsp3) is 0.606. The normalized spacial score (nSPS) is 28.4. The zero-order chi connectivity index (χ0) is 36.0. The van der Waals surface area contributed by atoms with Gasteiger partial charge < -0.3 is 15.0 Å². The van der Waals surface area contributed by atoms with Crippen molar-refractivity contribution in [3.05, 3.63) is 40.4 Å². The van der Waals surface area contributed by atoms with E-state index >= 15 is 0 Å². The molecule has 6 rings (SSSR count). The second kappa shape index (κ2) is 13.9. The largest absolute Gasteiger partial charge is 0.459 e. The maximum atomic E-state index is 14.4. The standard InChI is InChI=1S/C33H41Cl2N7O7S/c1-32(2,3)49-30(45)25-10-8-6-4-5-7-9-20-17-33(20,31(46)39-50(47,48)24-11-12-24)36-28(43)26-16-23(18-41(26)29(25)44)42-38-27(37-40-42)19-13-21(34)15-22(35)14-19/h7,9,13-15,20,23-26H,4-6,8,10-12,16-18H2,1-3H3,(H,36,43)(H,39,46)/b9-7-/t20-,23+,25-,26-,33+/m0/s1. The van der Waals surface area contributed by atoms with Crippen molar-refractivity contribution in [1.82, 2.24) is 35.1 Å². The van der Waals surface area contributed by atoms with Crippen molar-refractivity contribution in [2.24, 2.45) is 11.8 Å². The van der Waals surface area contributed by atoms with Crippen molar-refractivity contribution in [1.29, 1.82) is 0 Å². The molecule has 4 aliphatic rings. The zero-order valence-corrected chi connectivity index (χ0v) is 30.4. The van der Waals surface area contributed by atoms with Gasteiger partial charge in [-0.05, 0) is 82.7 Å². The fourth-order valence-corrected chi connectivity index (χ4v) is 8.47. The van der Waals surface area contributed by atoms with Gasteiger partial charge in [-0.2, -0.15) is 4.80 Å². The van der Waals surface area contributed by atoms with Gasteiger partial charge in [-0.1, -0.05) is 48.2 Å². The Morgan fingerprint density at radius 2 is 1.78 bits per heavy atom. The number of nitrogens with one attached hydrogen (secondary N) is 2. The Labute approximate surface area is 300 Å². The Kier molecular flexibility index (Phi) is 10.1. The molecule has 14 nitrogen and oxygen atoms in total. The highest BCUT2D eigenvalue weighted by atomic mass is 35.5. The molecule has 0 bridgehead atoms. The number of benzene rings is 1. The van der Waals surface area contributed by atoms with Gasteiger partial charge in [-0.15, -0.1) is 10.2 Å². The van der Waals surface area contributed by atoms with Gasteiger partial charge in [0.15, 0.2) is 0 Å². The molecule has 2 saturated carbocycles. The minimum atomic E-state index is -3.89. The number of tetrazole rings is 1. The third-order valence-corrected chi connectivity index (χ3v) is 11.7. The van der Waals surface area contributed by atoms with E-state index < -0.39 is 74.0 Å². The summed E-state index contributed by atoms with van der Waals surface area (Å²) in [5.74, 6) is -4.12. The number of amides is 3. The van der Waals surface area contributed by atoms with Gasteiger partial charge in [0, 0.05) is 34.5 Å². The molecule has 1 aromatic carbocycles. The van der Waals surface area contributed by atoms with Crippen molar-refractivity contribution in [3.63, 3.8) is 0 Å². The van der Waals surface area contributed by atoms with Gasteiger partial charge in [-0.3, -0.25) is 23.9 Å². The third-order valence-electron chi connectivity index (χ3n) is 9.43. The first kappa shape index (κ1) is 36.2. The van der Waals surface area contributed by atoms with Crippen LogP contribution in [0.1, 0.15) is 84.6 Å². The van der Waals surface area contributed by atoms with E-state index in [1.54, 1.807) is 39.0 Å². The van der Waals surface area contributed by atoms with Crippen molar-refractivity contribution >= 4 is 56.9 Å². The van der Waals surface area contributed by atoms with E-state index in [-0.39, 0.29) is 31.6 Å². The van der Waals surface area contributed by atoms with Crippen LogP contribution < -0.4 is 10.0 Å². The van der Waals surface area contributed by atoms with Crippen LogP contribution in [0.3, 0.4) is 0 Å². The second-order valence-electron chi connectivity index (χ2n) is 14.6. The Hall–Kier alpha value is -3.56. The molecular weight excluding hydrogens is 709 g/mol. The SMILES string of the molecule is CC(C)(C)OC(=O)[C@H]1CCCCC/C=C\[C@H]2C[C@@]2(C(=O)NS(=O)(=O)C2CC2)NC(=O)[C@@H]2C[C@@H](n3nnc(-c4cc(Cl)cc(Cl)c4)n3)CN2C1=O. The lowest BCUT2D eigenvalue weighted by Gasteiger charge is -2.30. The van der Waals surface area contributed by atoms with Crippen LogP contribution in [0.2, 0.25) is 10.0 Å². The minimum Gasteiger partial charge on any atom is -0.459 e. The number of ether oxygens (including phenoxy) is 1. The molecule has 270 valence electrons. The first-order chi connectivity index (χ1) is 23.6. The molecule has 2 aliphatic carbocycles. The van der Waals surface area contributed by atoms with E-state index in [9.17, 15) is 27.6 Å². The number of carbonyl (C=O) groups excluding carboxylic acids is 4. The summed E-state index contributed by atoms with van der Waals surface area (Å²) in [7, 11) is -3.89. The number of aromatic nitrogens is 4. The molecule has 2 N–H and O–H groups in total. The van der Waals surface area contributed by atoms with E-state index in [0.29, 0.717) is 41.3 Å². The highest BCUT2D eigenvalue weighted by molar-refractivity contribution is 7.91. The smallest absolute Gasteiger partial charge is 0.319 e. The second-order valence-corrected chi connectivity index (χ2v) is 17.4. The molecule has 5 atom stereocenters. The van der Waals surface area contributed by atoms with Crippen LogP contribution in [0.4, 0.5) is 0 Å². The predicted molar refractivity (Wildman–Crippen MR) is 183 cm³/mol. The number of sulfonamides is 1. The Bertz CT molecular complexity index is 1800. The summed E-state index contributed by atoms with van der Waals surface area (Å²) < 4.78 is 33.4. The van der Waals surface area contributed by atoms with Gasteiger partial charge in [0.1, 0.15) is 23.1 Å². The Balaban J connectivity index is 1.33. The van der Waals surface area contributed by atoms with E-state index in [2.05, 4.69) is 25.4 Å². The molecule has 17 heteroatoms. The molecule has 1 aromatic heterocycles. The molecular formula is C33H41Cl2N7O7S. The molecule has 1 saturated heterocycles. The van der Waals surface area contributed by atoms with E-state index in [1.165, 1.54) is 9.70 Å². The van der Waals surface area contributed by atoms with Crippen LogP contribution in [0.15, 0.2) is 30.4 Å². The lowest BCUT2D eigenvalue weighted by molar-refractivity contribution is -0.166. The minimum absolute atomic E-state index is 0.0310. The average Bonchev–Trinajstić information content (AvgIpc) is 3.88. The van der Waals surface area contributed by atoms with Gasteiger partial charge in [0.2, 0.25) is 27.7 Å². The summed E-state index contributed by atoms with van der Waals surface area (Å²) in [4.78, 5) is 58.4. The van der Waals surface area contributed by atoms with Crippen molar-refractivity contribution in [2.75, 3.05) is 6.54 Å². The number of carbonyl (C=O) groups is 4. The van der Waals surface area contributed by atoms with Crippen molar-refractivity contribution in [3.8, 4) is 11.4 Å². The molecule has 3 fully saturated rings. The monoisotopic (exact) mass is 749 g/mol. The summed E-state index contributed by atoms with van der Waals surface area (Å²) in [5, 5.41) is 15.8. The van der Waals surface area contributed by atoms with Crippen LogP contribution in [-0.2, 0) is 33.9 Å². The molecule has 2 aromatic rings. The third kappa shape index (κ3) is 7.99. The number of hydrogen-bond donors (Lipinski definition) is 2. The number of halogens is 2. The van der Waals surface area contributed by atoms with Crippen molar-refractivity contribution in [2.45, 2.75) is 107 Å². The topological polar surface area (TPSA) is 183 Å². The van der Waals surface area contributed by atoms with Crippen LogP contribution in [0.25, 0.3) is 11.4 Å². The van der Waals surface area contributed by atoms with E-state index in [4.69, 9.17) is 27.9 Å². The summed E-state index contributed by atoms with van der Waals surface area (Å²) in [5.41, 5.74) is -1.85. The van der Waals surface area contributed by atoms with Crippen LogP contribution >= 0.6 is 23.2 Å². The highest BCUT2D eigenvalue weighted by Crippen LogP contribution is 2.46. The molecule has 2 aliphatic heterocycles. The summed E-state index contributed by atoms with van der Waals surface area (Å²) >= 11 is 12.4. The molecule has 3 heterocycles. The summed E-state index contributed by atoms with van der Waals surface area (Å²) in [6, 6.07) is 3.04. The van der Waals surface area contributed by atoms with Gasteiger partial charge in [0.05, 0.1) is 11.3 Å². The number of nitrogens with zero attached hydrogens (tertiary/aromatic N) is 5. The van der Waals surface area contributed by atoms with Gasteiger partial charge in [-0.25, -0.2) is 8.42 Å². The first-order valence-corrected chi connectivity index (χ1v) is 19.2. The molecule has 50 heavy (non-hydrogen) atoms. The summed E-state index contributed by atoms with van der Waals surface area (Å²) in [6.07, 6.45) is 7.91. The lowest BCUT2D eigenvalue weighted by atomic mass is 9.98. The quantitative estimate of drug-likeness (QED) is 0.251. The molecule has 3 amide bonds. The number of hydrogen-bond acceptors (Lipinski definition) is 10. The Morgan fingerprint density at radius 3 is 2.46 bits per heavy atom. The van der Waals surface area contributed by atoms with Crippen LogP contribution in [-0.4, -0.2) is 86.2 Å². The number of fused-ring (bicyclic) bond motifs is 2. The lowest BCUT2D eigenvalue weighted by Crippen LogP contribution is -2.57. The first-order valence-electron chi connectivity index (χ1n) is 16.9. The maximum Gasteiger partial charge on any atom is 0.319 e. The van der Waals surface area contributed by atoms with Gasteiger partial charge in [0.25, 0.3) is 5.91 Å². The molecule has 0 radical (unpaired) electrons. The Morgan fingerprint density at radius 1 is 1.06 bits per heavy atom. The fourth-order valence-electron chi connectivity index (χ4n) is 6.58. The van der Waals surface area contributed by atoms with Gasteiger partial charge >= 0.3 is 5.97 Å². The van der Waals surface area contributed by atoms with Crippen molar-refractivity contribution < 1.29 is 32.3 Å². The highest BCUT2D eigenvalue weighted by Gasteiger charge is 2.62. The summed E-state index contributed by atoms with van der Waals surface area (Å²) in [6.45, 7) is 5.12. The van der Waals surface area contributed by atoms with E-state index in [1.807, 2.05) is 12.2 Å². The average molecular weight is 751 g/mol.